The SMILES string of the molecule is Cn1cc(C2=[N+]([O-])C(C)(C)C(C)(C)[N+]2=O)cn1.Cn1cc(C2=[N+]([O-])C(C)(C)C(C)(C)[N+]2=O)cn1.O=C(/C=C(\[O-])C(F)(F)F)C(F)(F)F.O=C(/C=C(\[O-])C(F)(F)F)C(F)(F)F.O=C(/C=C(\[O-])C(F)(F)F)C(F)(F)F.O=C(/C=C(\[O-])C(F)(F)F)C(F)(F)F.[Cu+].[Cu+]. The van der Waals surface area contributed by atoms with E-state index in [9.17, 15) is 165 Å². The number of aromatic nitrogens is 4. The number of hydrogen-bond donors (Lipinski definition) is 0. The molecule has 2 aromatic heterocycles. The van der Waals surface area contributed by atoms with E-state index in [-0.39, 0.29) is 45.8 Å². The van der Waals surface area contributed by atoms with Gasteiger partial charge in [-0.3, -0.25) is 28.5 Å². The van der Waals surface area contributed by atoms with Gasteiger partial charge in [0.25, 0.3) is 34.2 Å². The summed E-state index contributed by atoms with van der Waals surface area (Å²) in [5.74, 6) is -22.3. The smallest absolute Gasteiger partial charge is 0.869 e. The van der Waals surface area contributed by atoms with Crippen molar-refractivity contribution in [3.05, 3.63) is 103 Å². The van der Waals surface area contributed by atoms with Crippen LogP contribution in [0, 0.1) is 20.2 Å². The van der Waals surface area contributed by atoms with E-state index >= 15 is 0 Å². The molecular weight excluding hydrogens is 1390 g/mol. The third-order valence-corrected chi connectivity index (χ3v) is 11.0. The molecule has 0 aliphatic carbocycles. The van der Waals surface area contributed by atoms with Crippen LogP contribution in [-0.2, 0) is 67.4 Å². The maximum atomic E-state index is 12.3. The molecule has 0 aromatic carbocycles. The number of allylic oxidation sites excluding steroid dienone is 8. The van der Waals surface area contributed by atoms with Crippen molar-refractivity contribution in [1.29, 1.82) is 0 Å². The van der Waals surface area contributed by atoms with E-state index in [1.54, 1.807) is 91.2 Å². The summed E-state index contributed by atoms with van der Waals surface area (Å²) >= 11 is 0. The Morgan fingerprint density at radius 3 is 0.659 bits per heavy atom. The number of carbonyl (C=O) groups is 4. The zero-order chi connectivity index (χ0) is 69.5. The molecule has 46 heteroatoms. The fraction of sp³-hybridized carbons (Fsp3) is 0.524. The first-order valence-electron chi connectivity index (χ1n) is 21.5. The molecule has 88 heavy (non-hydrogen) atoms. The molecule has 0 saturated heterocycles. The Balaban J connectivity index is -0.000000482. The normalized spacial score (nSPS) is 17.2. The molecule has 0 fully saturated rings. The van der Waals surface area contributed by atoms with Gasteiger partial charge in [0.1, 0.15) is 9.52 Å². The van der Waals surface area contributed by atoms with Crippen molar-refractivity contribution in [1.82, 2.24) is 19.6 Å². The fourth-order valence-corrected chi connectivity index (χ4v) is 4.89. The average Bonchev–Trinajstić information content (AvgIpc) is 3.98. The van der Waals surface area contributed by atoms with E-state index in [0.717, 1.165) is 19.0 Å². The Hall–Kier alpha value is -7.24. The van der Waals surface area contributed by atoms with E-state index in [0.29, 0.717) is 11.1 Å². The van der Waals surface area contributed by atoms with Crippen LogP contribution in [0.15, 0.2) is 72.1 Å². The standard InChI is InChI=1S/2C11H17N4O2.4C5H2F6O2.2Cu/c2*1-10(2)11(3,4)15(17)9(14(10)16)8-6-12-13(5)7-8;4*6-4(7,8)2(12)1-3(13)5(9,10)11;;/h2*6-7H,1-5H3;4*1,12H;;/q2*+1;;;;;2*+1/p-4/b;;4*2-1-;;. The van der Waals surface area contributed by atoms with Gasteiger partial charge in [-0.2, -0.15) is 116 Å². The van der Waals surface area contributed by atoms with Crippen LogP contribution in [0.1, 0.15) is 66.5 Å². The molecule has 0 spiro atoms. The number of carbonyl (C=O) groups excluding carboxylic acids is 4. The molecule has 0 radical (unpaired) electrons. The molecule has 2 aromatic rings. The zero-order valence-corrected chi connectivity index (χ0v) is 46.7. The van der Waals surface area contributed by atoms with Crippen molar-refractivity contribution in [3.63, 3.8) is 0 Å². The summed E-state index contributed by atoms with van der Waals surface area (Å²) in [5.41, 5.74) is -2.01. The summed E-state index contributed by atoms with van der Waals surface area (Å²) < 4.78 is 277. The van der Waals surface area contributed by atoms with Crippen LogP contribution in [-0.4, -0.2) is 145 Å². The molecule has 4 rings (SSSR count). The number of halogens is 24. The summed E-state index contributed by atoms with van der Waals surface area (Å²) in [7, 11) is 3.50. The van der Waals surface area contributed by atoms with Gasteiger partial charge in [0.2, 0.25) is 11.1 Å². The van der Waals surface area contributed by atoms with Gasteiger partial charge in [-0.1, -0.05) is 0 Å². The first kappa shape index (κ1) is 87.2. The minimum atomic E-state index is -5.46. The molecule has 0 unspecified atom stereocenters. The van der Waals surface area contributed by atoms with Crippen molar-refractivity contribution >= 4 is 34.8 Å². The van der Waals surface area contributed by atoms with Gasteiger partial charge < -0.3 is 30.8 Å². The van der Waals surface area contributed by atoms with Crippen molar-refractivity contribution in [2.45, 2.75) is 127 Å². The van der Waals surface area contributed by atoms with Gasteiger partial charge in [-0.25, -0.2) is 0 Å². The molecule has 0 atom stereocenters. The van der Waals surface area contributed by atoms with E-state index in [4.69, 9.17) is 0 Å². The molecule has 2 aliphatic rings. The van der Waals surface area contributed by atoms with Crippen LogP contribution in [0.25, 0.3) is 0 Å². The first-order chi connectivity index (χ1) is 37.6. The van der Waals surface area contributed by atoms with Gasteiger partial charge in [0, 0.05) is 91.7 Å². The van der Waals surface area contributed by atoms with Crippen LogP contribution in [0.2, 0.25) is 0 Å². The van der Waals surface area contributed by atoms with Gasteiger partial charge in [0.15, 0.2) is 11.1 Å². The molecule has 0 N–H and O–H groups in total. The number of rotatable bonds is 6. The molecule has 0 bridgehead atoms. The van der Waals surface area contributed by atoms with E-state index in [1.165, 1.54) is 12.4 Å². The van der Waals surface area contributed by atoms with Crippen LogP contribution in [0.3, 0.4) is 0 Å². The van der Waals surface area contributed by atoms with Crippen LogP contribution < -0.4 is 20.4 Å². The second kappa shape index (κ2) is 29.8. The number of nitrogens with zero attached hydrogens (tertiary/aromatic N) is 8. The molecular formula is C42H38Cu2F24N8O12. The number of hydrogen-bond acceptors (Lipinski definition) is 14. The van der Waals surface area contributed by atoms with Gasteiger partial charge in [0.05, 0.1) is 12.4 Å². The Labute approximate surface area is 496 Å². The van der Waals surface area contributed by atoms with Crippen LogP contribution in [0.5, 0.6) is 0 Å². The topological polar surface area (TPSA) is 288 Å². The van der Waals surface area contributed by atoms with Crippen molar-refractivity contribution in [3.8, 4) is 0 Å². The molecule has 0 saturated carbocycles. The largest absolute Gasteiger partial charge is 1.00 e. The quantitative estimate of drug-likeness (QED) is 0.0832. The van der Waals surface area contributed by atoms with Crippen molar-refractivity contribution < 1.29 is 198 Å². The monoisotopic (exact) mass is 1430 g/mol. The van der Waals surface area contributed by atoms with E-state index < -0.39 is 142 Å². The van der Waals surface area contributed by atoms with E-state index in [2.05, 4.69) is 10.2 Å². The fourth-order valence-electron chi connectivity index (χ4n) is 4.89. The number of alkyl halides is 24. The Morgan fingerprint density at radius 1 is 0.386 bits per heavy atom. The van der Waals surface area contributed by atoms with Gasteiger partial charge >= 0.3 is 95.2 Å². The number of aryl methyl sites for hydroxylation is 2. The third-order valence-electron chi connectivity index (χ3n) is 11.0. The predicted octanol–water partition coefficient (Wildman–Crippen LogP) is 5.75. The molecule has 20 nitrogen and oxygen atoms in total. The predicted molar refractivity (Wildman–Crippen MR) is 226 cm³/mol. The maximum Gasteiger partial charge on any atom is 1.00 e. The average molecular weight is 1430 g/mol. The minimum absolute atomic E-state index is 0. The molecule has 0 amide bonds. The van der Waals surface area contributed by atoms with Crippen LogP contribution in [0.4, 0.5) is 105 Å². The van der Waals surface area contributed by atoms with E-state index in [1.807, 2.05) is 0 Å². The Kier molecular flexibility index (Phi) is 29.6. The summed E-state index contributed by atoms with van der Waals surface area (Å²) in [4.78, 5) is 63.8. The molecule has 2 aliphatic heterocycles. The first-order valence-corrected chi connectivity index (χ1v) is 21.5. The zero-order valence-electron chi connectivity index (χ0n) is 44.8. The summed E-state index contributed by atoms with van der Waals surface area (Å²) in [6, 6.07) is 0. The summed E-state index contributed by atoms with van der Waals surface area (Å²) in [6.45, 7) is 14.2. The molecule has 508 valence electrons. The maximum absolute atomic E-state index is 12.3. The number of nitroso groups, excluding NO2 is 2. The minimum Gasteiger partial charge on any atom is -0.869 e. The third kappa shape index (κ3) is 24.0. The van der Waals surface area contributed by atoms with Gasteiger partial charge in [-0.05, 0) is 47.3 Å². The number of hydroxylamine groups is 2. The second-order valence-corrected chi connectivity index (χ2v) is 18.3. The summed E-state index contributed by atoms with van der Waals surface area (Å²) in [6.07, 6.45) is -41.4. The van der Waals surface area contributed by atoms with Crippen LogP contribution >= 0.6 is 0 Å². The van der Waals surface area contributed by atoms with Gasteiger partial charge in [-0.15, -0.1) is 9.48 Å². The Bertz CT molecular complexity index is 2740. The Morgan fingerprint density at radius 2 is 0.557 bits per heavy atom. The number of ketones is 4. The van der Waals surface area contributed by atoms with Crippen molar-refractivity contribution in [2.24, 2.45) is 14.1 Å². The second-order valence-electron chi connectivity index (χ2n) is 18.3. The van der Waals surface area contributed by atoms with Crippen molar-refractivity contribution in [2.75, 3.05) is 0 Å². The molecule has 4 heterocycles. The summed E-state index contributed by atoms with van der Waals surface area (Å²) in [5, 5.41) is 71.8. The number of amidine groups is 2.